The van der Waals surface area contributed by atoms with Crippen molar-refractivity contribution in [3.05, 3.63) is 89.6 Å². The number of para-hydroxylation sites is 1. The Bertz CT molecular complexity index is 1200. The lowest BCUT2D eigenvalue weighted by Crippen LogP contribution is -2.25. The summed E-state index contributed by atoms with van der Waals surface area (Å²) in [5.74, 6) is 0.975. The van der Waals surface area contributed by atoms with Crippen LogP contribution in [0.25, 0.3) is 10.9 Å². The average Bonchev–Trinajstić information content (AvgIpc) is 3.33. The molecule has 0 aliphatic rings. The van der Waals surface area contributed by atoms with Crippen molar-refractivity contribution in [2.45, 2.75) is 45.4 Å². The van der Waals surface area contributed by atoms with E-state index in [4.69, 9.17) is 4.74 Å². The number of aromatic nitrogens is 1. The number of benzene rings is 3. The minimum Gasteiger partial charge on any atom is -0.496 e. The first-order chi connectivity index (χ1) is 17.5. The van der Waals surface area contributed by atoms with Crippen LogP contribution in [-0.2, 0) is 0 Å². The Morgan fingerprint density at radius 1 is 0.806 bits per heavy atom. The maximum atomic E-state index is 6.06. The van der Waals surface area contributed by atoms with Crippen molar-refractivity contribution in [2.24, 2.45) is 0 Å². The summed E-state index contributed by atoms with van der Waals surface area (Å²) >= 11 is 0. The van der Waals surface area contributed by atoms with E-state index in [0.717, 1.165) is 24.4 Å². The normalized spacial score (nSPS) is 12.0. The van der Waals surface area contributed by atoms with Crippen LogP contribution in [0.5, 0.6) is 5.75 Å². The van der Waals surface area contributed by atoms with E-state index in [1.54, 1.807) is 7.11 Å². The Labute approximate surface area is 216 Å². The number of anilines is 2. The first-order valence-corrected chi connectivity index (χ1v) is 13.3. The van der Waals surface area contributed by atoms with Crippen molar-refractivity contribution in [3.8, 4) is 5.75 Å². The van der Waals surface area contributed by atoms with E-state index in [1.807, 2.05) is 0 Å². The molecule has 4 rings (SSSR count). The number of nitrogens with zero attached hydrogens (tertiary/aromatic N) is 2. The Hall–Kier alpha value is -3.40. The van der Waals surface area contributed by atoms with E-state index in [1.165, 1.54) is 59.3 Å². The fourth-order valence-electron chi connectivity index (χ4n) is 4.95. The third kappa shape index (κ3) is 5.70. The van der Waals surface area contributed by atoms with Crippen molar-refractivity contribution in [3.63, 3.8) is 0 Å². The highest BCUT2D eigenvalue weighted by atomic mass is 16.5. The third-order valence-electron chi connectivity index (χ3n) is 7.06. The number of rotatable bonds is 12. The summed E-state index contributed by atoms with van der Waals surface area (Å²) in [7, 11) is 5.95. The number of methoxy groups -OCH3 is 1. The zero-order valence-corrected chi connectivity index (χ0v) is 22.6. The molecular weight excluding hydrogens is 442 g/mol. The Balaban J connectivity index is 1.80. The number of nitrogens with one attached hydrogen (secondary N) is 1. The van der Waals surface area contributed by atoms with Gasteiger partial charge in [0.15, 0.2) is 0 Å². The molecule has 0 aliphatic carbocycles. The monoisotopic (exact) mass is 483 g/mol. The van der Waals surface area contributed by atoms with Crippen LogP contribution in [0.15, 0.2) is 72.8 Å². The van der Waals surface area contributed by atoms with Crippen LogP contribution >= 0.6 is 0 Å². The van der Waals surface area contributed by atoms with E-state index < -0.39 is 0 Å². The van der Waals surface area contributed by atoms with E-state index in [-0.39, 0.29) is 5.92 Å². The molecule has 4 heteroatoms. The molecule has 36 heavy (non-hydrogen) atoms. The van der Waals surface area contributed by atoms with Crippen molar-refractivity contribution in [1.82, 2.24) is 4.98 Å². The Morgan fingerprint density at radius 2 is 1.47 bits per heavy atom. The van der Waals surface area contributed by atoms with Crippen LogP contribution in [0.1, 0.15) is 62.3 Å². The highest BCUT2D eigenvalue weighted by molar-refractivity contribution is 5.81. The molecule has 190 valence electrons. The van der Waals surface area contributed by atoms with E-state index in [0.29, 0.717) is 0 Å². The molecule has 0 amide bonds. The number of aromatic amines is 1. The summed E-state index contributed by atoms with van der Waals surface area (Å²) in [6, 6.07) is 26.4. The van der Waals surface area contributed by atoms with Gasteiger partial charge in [-0.2, -0.15) is 0 Å². The molecule has 0 saturated carbocycles. The standard InChI is InChI=1S/C32H41N3O/c1-6-8-20-35(21-9-7-2)27-18-19-28(31(23-27)36-5)32(24-14-16-26(17-15-24)34(3)4)30-22-25-12-10-11-13-29(25)33-30/h10-19,22-23,32-33H,6-9,20-21H2,1-5H3. The summed E-state index contributed by atoms with van der Waals surface area (Å²) in [5, 5.41) is 1.23. The van der Waals surface area contributed by atoms with Gasteiger partial charge in [-0.25, -0.2) is 0 Å². The molecular formula is C32H41N3O. The van der Waals surface area contributed by atoms with Gasteiger partial charge in [0.2, 0.25) is 0 Å². The summed E-state index contributed by atoms with van der Waals surface area (Å²) in [6.45, 7) is 6.68. The molecule has 4 nitrogen and oxygen atoms in total. The quantitative estimate of drug-likeness (QED) is 0.223. The van der Waals surface area contributed by atoms with Crippen LogP contribution in [0.4, 0.5) is 11.4 Å². The minimum atomic E-state index is 0.0392. The van der Waals surface area contributed by atoms with Gasteiger partial charge in [0.05, 0.1) is 13.0 Å². The maximum Gasteiger partial charge on any atom is 0.125 e. The van der Waals surface area contributed by atoms with Crippen LogP contribution in [0.2, 0.25) is 0 Å². The van der Waals surface area contributed by atoms with Crippen LogP contribution < -0.4 is 14.5 Å². The van der Waals surface area contributed by atoms with Gasteiger partial charge in [0.1, 0.15) is 5.75 Å². The molecule has 0 saturated heterocycles. The first kappa shape index (κ1) is 25.7. The van der Waals surface area contributed by atoms with Gasteiger partial charge >= 0.3 is 0 Å². The molecule has 1 heterocycles. The largest absolute Gasteiger partial charge is 0.496 e. The van der Waals surface area contributed by atoms with Gasteiger partial charge < -0.3 is 19.5 Å². The van der Waals surface area contributed by atoms with E-state index in [2.05, 4.69) is 116 Å². The van der Waals surface area contributed by atoms with Crippen molar-refractivity contribution >= 4 is 22.3 Å². The molecule has 0 aliphatic heterocycles. The second kappa shape index (κ2) is 12.0. The molecule has 0 fully saturated rings. The lowest BCUT2D eigenvalue weighted by atomic mass is 9.87. The molecule has 3 aromatic carbocycles. The average molecular weight is 484 g/mol. The van der Waals surface area contributed by atoms with Crippen molar-refractivity contribution < 1.29 is 4.74 Å². The Morgan fingerprint density at radius 3 is 2.08 bits per heavy atom. The molecule has 0 bridgehead atoms. The first-order valence-electron chi connectivity index (χ1n) is 13.3. The summed E-state index contributed by atoms with van der Waals surface area (Å²) in [4.78, 5) is 8.35. The molecule has 1 atom stereocenters. The maximum absolute atomic E-state index is 6.06. The Kier molecular flexibility index (Phi) is 8.58. The third-order valence-corrected chi connectivity index (χ3v) is 7.06. The van der Waals surface area contributed by atoms with Gasteiger partial charge in [-0.1, -0.05) is 63.1 Å². The lowest BCUT2D eigenvalue weighted by molar-refractivity contribution is 0.409. The van der Waals surface area contributed by atoms with Crippen LogP contribution in [0, 0.1) is 0 Å². The number of hydrogen-bond donors (Lipinski definition) is 1. The SMILES string of the molecule is CCCCN(CCCC)c1ccc(C(c2ccc(N(C)C)cc2)c2cc3ccccc3[nH]2)c(OC)c1. The summed E-state index contributed by atoms with van der Waals surface area (Å²) in [6.07, 6.45) is 4.79. The molecule has 1 unspecified atom stereocenters. The summed E-state index contributed by atoms with van der Waals surface area (Å²) in [5.41, 5.74) is 7.19. The van der Waals surface area contributed by atoms with Crippen molar-refractivity contribution in [1.29, 1.82) is 0 Å². The second-order valence-electron chi connectivity index (χ2n) is 9.85. The molecule has 0 radical (unpaired) electrons. The minimum absolute atomic E-state index is 0.0392. The fourth-order valence-corrected chi connectivity index (χ4v) is 4.95. The zero-order valence-electron chi connectivity index (χ0n) is 22.6. The summed E-state index contributed by atoms with van der Waals surface area (Å²) < 4.78 is 6.06. The highest BCUT2D eigenvalue weighted by Gasteiger charge is 2.23. The van der Waals surface area contributed by atoms with Crippen LogP contribution in [-0.4, -0.2) is 39.3 Å². The molecule has 0 spiro atoms. The number of fused-ring (bicyclic) bond motifs is 1. The zero-order chi connectivity index (χ0) is 25.5. The van der Waals surface area contributed by atoms with Gasteiger partial charge in [-0.3, -0.25) is 0 Å². The number of hydrogen-bond acceptors (Lipinski definition) is 3. The predicted octanol–water partition coefficient (Wildman–Crippen LogP) is 7.83. The van der Waals surface area contributed by atoms with Crippen molar-refractivity contribution in [2.75, 3.05) is 44.1 Å². The van der Waals surface area contributed by atoms with E-state index >= 15 is 0 Å². The topological polar surface area (TPSA) is 31.5 Å². The molecule has 1 aromatic heterocycles. The number of H-pyrrole nitrogens is 1. The highest BCUT2D eigenvalue weighted by Crippen LogP contribution is 2.40. The second-order valence-corrected chi connectivity index (χ2v) is 9.85. The lowest BCUT2D eigenvalue weighted by Gasteiger charge is -2.27. The smallest absolute Gasteiger partial charge is 0.125 e. The van der Waals surface area contributed by atoms with E-state index in [9.17, 15) is 0 Å². The van der Waals surface area contributed by atoms with Gasteiger partial charge in [-0.15, -0.1) is 0 Å². The predicted molar refractivity (Wildman–Crippen MR) is 155 cm³/mol. The number of unbranched alkanes of at least 4 members (excludes halogenated alkanes) is 2. The van der Waals surface area contributed by atoms with Gasteiger partial charge in [0, 0.05) is 61.4 Å². The molecule has 4 aromatic rings. The van der Waals surface area contributed by atoms with Crippen LogP contribution in [0.3, 0.4) is 0 Å². The fraction of sp³-hybridized carbons (Fsp3) is 0.375. The molecule has 1 N–H and O–H groups in total. The van der Waals surface area contributed by atoms with Gasteiger partial charge in [0.25, 0.3) is 0 Å². The van der Waals surface area contributed by atoms with Gasteiger partial charge in [-0.05, 0) is 54.1 Å². The number of ether oxygens (including phenoxy) is 1.